The lowest BCUT2D eigenvalue weighted by atomic mass is 10.0. The second-order valence-corrected chi connectivity index (χ2v) is 5.59. The number of rotatable bonds is 3. The van der Waals surface area contributed by atoms with Gasteiger partial charge < -0.3 is 14.7 Å². The first kappa shape index (κ1) is 15.1. The second-order valence-electron chi connectivity index (χ2n) is 5.19. The predicted octanol–water partition coefficient (Wildman–Crippen LogP) is 2.82. The van der Waals surface area contributed by atoms with Crippen LogP contribution in [-0.2, 0) is 0 Å². The van der Waals surface area contributed by atoms with E-state index in [-0.39, 0.29) is 11.9 Å². The normalized spacial score (nSPS) is 16.4. The highest BCUT2D eigenvalue weighted by molar-refractivity contribution is 6.32. The monoisotopic (exact) mass is 297 g/mol. The van der Waals surface area contributed by atoms with Crippen LogP contribution in [0, 0.1) is 6.92 Å². The molecule has 1 N–H and O–H groups in total. The molecular weight excluding hydrogens is 278 g/mol. The fourth-order valence-electron chi connectivity index (χ4n) is 2.65. The predicted molar refractivity (Wildman–Crippen MR) is 80.2 cm³/mol. The third-order valence-electron chi connectivity index (χ3n) is 3.81. The summed E-state index contributed by atoms with van der Waals surface area (Å²) in [6.45, 7) is 4.90. The average molecular weight is 298 g/mol. The van der Waals surface area contributed by atoms with Crippen molar-refractivity contribution in [2.24, 2.45) is 0 Å². The van der Waals surface area contributed by atoms with Gasteiger partial charge in [-0.3, -0.25) is 4.79 Å². The van der Waals surface area contributed by atoms with Crippen LogP contribution in [0.5, 0.6) is 5.75 Å². The maximum Gasteiger partial charge on any atom is 0.163 e. The average Bonchev–Trinajstić information content (AvgIpc) is 2.42. The van der Waals surface area contributed by atoms with Gasteiger partial charge in [-0.25, -0.2) is 0 Å². The van der Waals surface area contributed by atoms with Crippen molar-refractivity contribution in [2.45, 2.75) is 32.8 Å². The van der Waals surface area contributed by atoms with E-state index in [0.29, 0.717) is 29.2 Å². The van der Waals surface area contributed by atoms with Gasteiger partial charge in [0.2, 0.25) is 0 Å². The minimum Gasteiger partial charge on any atom is -0.494 e. The third-order valence-corrected chi connectivity index (χ3v) is 4.20. The first-order chi connectivity index (χ1) is 9.45. The van der Waals surface area contributed by atoms with Crippen LogP contribution in [0.15, 0.2) is 6.07 Å². The number of aliphatic hydroxyl groups is 1. The van der Waals surface area contributed by atoms with Crippen LogP contribution in [0.25, 0.3) is 0 Å². The fraction of sp³-hybridized carbons (Fsp3) is 0.533. The van der Waals surface area contributed by atoms with Crippen molar-refractivity contribution in [3.8, 4) is 5.75 Å². The van der Waals surface area contributed by atoms with E-state index in [2.05, 4.69) is 4.90 Å². The van der Waals surface area contributed by atoms with Crippen molar-refractivity contribution in [1.29, 1.82) is 0 Å². The number of hydrogen-bond donors (Lipinski definition) is 1. The lowest BCUT2D eigenvalue weighted by Gasteiger charge is -2.34. The largest absolute Gasteiger partial charge is 0.494 e. The van der Waals surface area contributed by atoms with E-state index < -0.39 is 0 Å². The molecular formula is C15H20ClNO3. The van der Waals surface area contributed by atoms with Gasteiger partial charge in [-0.15, -0.1) is 0 Å². The Hall–Kier alpha value is -1.26. The van der Waals surface area contributed by atoms with Gasteiger partial charge in [0.1, 0.15) is 0 Å². The maximum absolute atomic E-state index is 11.8. The van der Waals surface area contributed by atoms with Gasteiger partial charge in [-0.1, -0.05) is 11.6 Å². The molecule has 1 aromatic carbocycles. The first-order valence-corrected chi connectivity index (χ1v) is 7.14. The van der Waals surface area contributed by atoms with E-state index in [9.17, 15) is 9.90 Å². The molecule has 1 aliphatic heterocycles. The van der Waals surface area contributed by atoms with Crippen LogP contribution in [-0.4, -0.2) is 37.2 Å². The van der Waals surface area contributed by atoms with Crippen LogP contribution in [0.1, 0.15) is 35.7 Å². The van der Waals surface area contributed by atoms with Crippen molar-refractivity contribution in [3.63, 3.8) is 0 Å². The molecule has 1 fully saturated rings. The number of benzene rings is 1. The molecule has 0 aliphatic carbocycles. The number of aliphatic hydroxyl groups excluding tert-OH is 1. The summed E-state index contributed by atoms with van der Waals surface area (Å²) in [5, 5.41) is 10.2. The molecule has 0 spiro atoms. The Labute approximate surface area is 124 Å². The van der Waals surface area contributed by atoms with E-state index in [1.165, 1.54) is 6.92 Å². The molecule has 2 rings (SSSR count). The number of ketones is 1. The second kappa shape index (κ2) is 6.02. The number of methoxy groups -OCH3 is 1. The van der Waals surface area contributed by atoms with Crippen molar-refractivity contribution in [1.82, 2.24) is 0 Å². The van der Waals surface area contributed by atoms with Crippen LogP contribution in [0.3, 0.4) is 0 Å². The van der Waals surface area contributed by atoms with Gasteiger partial charge in [-0.05, 0) is 38.3 Å². The summed E-state index contributed by atoms with van der Waals surface area (Å²) in [6, 6.07) is 1.67. The number of piperidine rings is 1. The zero-order valence-corrected chi connectivity index (χ0v) is 12.8. The third kappa shape index (κ3) is 2.76. The standard InChI is InChI=1S/C15H20ClNO3/c1-9-13(16)8-12(10(2)18)15(20-3)14(9)17-6-4-11(19)5-7-17/h8,11,19H,4-7H2,1-3H3. The molecule has 0 saturated carbocycles. The summed E-state index contributed by atoms with van der Waals surface area (Å²) < 4.78 is 5.47. The van der Waals surface area contributed by atoms with E-state index >= 15 is 0 Å². The van der Waals surface area contributed by atoms with Gasteiger partial charge in [-0.2, -0.15) is 0 Å². The summed E-state index contributed by atoms with van der Waals surface area (Å²) in [7, 11) is 1.57. The molecule has 1 aromatic rings. The van der Waals surface area contributed by atoms with E-state index in [1.54, 1.807) is 13.2 Å². The highest BCUT2D eigenvalue weighted by Gasteiger charge is 2.25. The molecule has 5 heteroatoms. The zero-order chi connectivity index (χ0) is 14.9. The van der Waals surface area contributed by atoms with Crippen molar-refractivity contribution < 1.29 is 14.6 Å². The topological polar surface area (TPSA) is 49.8 Å². The number of hydrogen-bond acceptors (Lipinski definition) is 4. The number of Topliss-reactive ketones (excluding diaryl/α,β-unsaturated/α-hetero) is 1. The summed E-state index contributed by atoms with van der Waals surface area (Å²) in [6.07, 6.45) is 1.18. The van der Waals surface area contributed by atoms with Crippen molar-refractivity contribution >= 4 is 23.1 Å². The lowest BCUT2D eigenvalue weighted by Crippen LogP contribution is -2.36. The summed E-state index contributed by atoms with van der Waals surface area (Å²) in [5.74, 6) is 0.512. The highest BCUT2D eigenvalue weighted by atomic mass is 35.5. The molecule has 4 nitrogen and oxygen atoms in total. The van der Waals surface area contributed by atoms with Crippen LogP contribution >= 0.6 is 11.6 Å². The Kier molecular flexibility index (Phi) is 4.55. The highest BCUT2D eigenvalue weighted by Crippen LogP contribution is 2.40. The molecule has 0 radical (unpaired) electrons. The molecule has 0 bridgehead atoms. The number of carbonyl (C=O) groups excluding carboxylic acids is 1. The fourth-order valence-corrected chi connectivity index (χ4v) is 2.85. The Bertz CT molecular complexity index is 522. The first-order valence-electron chi connectivity index (χ1n) is 6.76. The van der Waals surface area contributed by atoms with Crippen LogP contribution < -0.4 is 9.64 Å². The Morgan fingerprint density at radius 3 is 2.55 bits per heavy atom. The molecule has 1 saturated heterocycles. The van der Waals surface area contributed by atoms with Gasteiger partial charge >= 0.3 is 0 Å². The van der Waals surface area contributed by atoms with Crippen LogP contribution in [0.4, 0.5) is 5.69 Å². The molecule has 0 atom stereocenters. The van der Waals surface area contributed by atoms with Crippen molar-refractivity contribution in [3.05, 3.63) is 22.2 Å². The molecule has 0 aromatic heterocycles. The quantitative estimate of drug-likeness (QED) is 0.872. The minimum atomic E-state index is -0.246. The summed E-state index contributed by atoms with van der Waals surface area (Å²) in [4.78, 5) is 13.9. The number of nitrogens with zero attached hydrogens (tertiary/aromatic N) is 1. The van der Waals surface area contributed by atoms with E-state index in [1.807, 2.05) is 6.92 Å². The van der Waals surface area contributed by atoms with Crippen LogP contribution in [0.2, 0.25) is 5.02 Å². The number of carbonyl (C=O) groups is 1. The van der Waals surface area contributed by atoms with Gasteiger partial charge in [0.05, 0.1) is 24.5 Å². The minimum absolute atomic E-state index is 0.0676. The molecule has 20 heavy (non-hydrogen) atoms. The molecule has 0 amide bonds. The molecule has 1 heterocycles. The maximum atomic E-state index is 11.8. The molecule has 1 aliphatic rings. The van der Waals surface area contributed by atoms with E-state index in [4.69, 9.17) is 16.3 Å². The van der Waals surface area contributed by atoms with Gasteiger partial charge in [0, 0.05) is 18.1 Å². The lowest BCUT2D eigenvalue weighted by molar-refractivity contribution is 0.101. The Morgan fingerprint density at radius 2 is 2.05 bits per heavy atom. The number of anilines is 1. The van der Waals surface area contributed by atoms with Gasteiger partial charge in [0.15, 0.2) is 11.5 Å². The summed E-state index contributed by atoms with van der Waals surface area (Å²) in [5.41, 5.74) is 2.28. The smallest absolute Gasteiger partial charge is 0.163 e. The number of halogens is 1. The Morgan fingerprint density at radius 1 is 1.45 bits per heavy atom. The molecule has 0 unspecified atom stereocenters. The SMILES string of the molecule is COc1c(C(C)=O)cc(Cl)c(C)c1N1CCC(O)CC1. The van der Waals surface area contributed by atoms with E-state index in [0.717, 1.165) is 24.3 Å². The van der Waals surface area contributed by atoms with Gasteiger partial charge in [0.25, 0.3) is 0 Å². The van der Waals surface area contributed by atoms with Crippen molar-refractivity contribution in [2.75, 3.05) is 25.1 Å². The molecule has 110 valence electrons. The number of ether oxygens (including phenoxy) is 1. The summed E-state index contributed by atoms with van der Waals surface area (Å²) >= 11 is 6.26. The zero-order valence-electron chi connectivity index (χ0n) is 12.1. The Balaban J connectivity index is 2.52.